The lowest BCUT2D eigenvalue weighted by Crippen LogP contribution is -2.34. The smallest absolute Gasteiger partial charge is 0.196 e. The Kier molecular flexibility index (Phi) is 8.02. The standard InChI is InChI=1S/C52H40N4O/c1-4-12-35(13-5-1)36-22-26-41(27-23-36)55(42-29-31-43(32-30-42)56-48-19-11-10-18-46(48)53-51(56)39-14-6-2-7-15-39)44-28-24-37-20-21-38-25-33-47-50(49(38)45(37)34-44)57-52(54-47)40-16-8-3-9-17-40/h1-6,8-14,16-34,51-54H,7,15H2. The summed E-state index contributed by atoms with van der Waals surface area (Å²) < 4.78 is 6.74. The van der Waals surface area contributed by atoms with E-state index in [-0.39, 0.29) is 12.4 Å². The molecular weight excluding hydrogens is 697 g/mol. The maximum absolute atomic E-state index is 6.74. The highest BCUT2D eigenvalue weighted by Crippen LogP contribution is 2.48. The van der Waals surface area contributed by atoms with Gasteiger partial charge in [-0.25, -0.2) is 0 Å². The van der Waals surface area contributed by atoms with Gasteiger partial charge < -0.3 is 25.2 Å². The zero-order valence-electron chi connectivity index (χ0n) is 31.3. The first-order valence-corrected chi connectivity index (χ1v) is 19.8. The van der Waals surface area contributed by atoms with Crippen molar-refractivity contribution in [2.75, 3.05) is 20.4 Å². The zero-order valence-corrected chi connectivity index (χ0v) is 31.3. The summed E-state index contributed by atoms with van der Waals surface area (Å²) >= 11 is 0. The van der Waals surface area contributed by atoms with E-state index in [4.69, 9.17) is 4.74 Å². The Bertz CT molecular complexity index is 2830. The molecule has 2 aliphatic heterocycles. The summed E-state index contributed by atoms with van der Waals surface area (Å²) in [4.78, 5) is 4.82. The van der Waals surface area contributed by atoms with Gasteiger partial charge in [0.15, 0.2) is 12.0 Å². The minimum atomic E-state index is -0.244. The van der Waals surface area contributed by atoms with Crippen LogP contribution in [0.5, 0.6) is 5.75 Å². The summed E-state index contributed by atoms with van der Waals surface area (Å²) in [7, 11) is 0. The SMILES string of the molecule is C1=CCCC(C2Nc3ccccc3N2c2ccc(N(c3ccc(-c4ccccc4)cc3)c3ccc4ccc5ccc6c(c5c4c3)OC(c3ccccc3)N6)cc2)=C1. The molecule has 274 valence electrons. The number of hydrogen-bond acceptors (Lipinski definition) is 5. The van der Waals surface area contributed by atoms with Gasteiger partial charge >= 0.3 is 0 Å². The van der Waals surface area contributed by atoms with Crippen LogP contribution in [0.4, 0.5) is 39.8 Å². The maximum atomic E-state index is 6.74. The first kappa shape index (κ1) is 33.1. The first-order valence-electron chi connectivity index (χ1n) is 19.8. The molecule has 2 atom stereocenters. The average molecular weight is 737 g/mol. The number of rotatable bonds is 7. The lowest BCUT2D eigenvalue weighted by atomic mass is 9.99. The number of hydrogen-bond donors (Lipinski definition) is 2. The fourth-order valence-electron chi connectivity index (χ4n) is 8.74. The number of nitrogens with zero attached hydrogens (tertiary/aromatic N) is 2. The van der Waals surface area contributed by atoms with Crippen LogP contribution in [0.1, 0.15) is 24.6 Å². The number of ether oxygens (including phenoxy) is 1. The van der Waals surface area contributed by atoms with Crippen LogP contribution in [0.3, 0.4) is 0 Å². The molecule has 0 aromatic heterocycles. The molecule has 0 spiro atoms. The lowest BCUT2D eigenvalue weighted by molar-refractivity contribution is 0.263. The van der Waals surface area contributed by atoms with Crippen LogP contribution in [0, 0.1) is 0 Å². The topological polar surface area (TPSA) is 39.8 Å². The molecule has 11 rings (SSSR count). The van der Waals surface area contributed by atoms with E-state index in [1.165, 1.54) is 27.8 Å². The molecule has 2 N–H and O–H groups in total. The number of fused-ring (bicyclic) bond motifs is 6. The van der Waals surface area contributed by atoms with Crippen LogP contribution in [-0.4, -0.2) is 6.17 Å². The fraction of sp³-hybridized carbons (Fsp3) is 0.0769. The molecule has 2 unspecified atom stereocenters. The van der Waals surface area contributed by atoms with Crippen LogP contribution in [0.15, 0.2) is 200 Å². The summed E-state index contributed by atoms with van der Waals surface area (Å²) in [6.07, 6.45) is 8.64. The van der Waals surface area contributed by atoms with Gasteiger partial charge in [0.25, 0.3) is 0 Å². The molecule has 0 bridgehead atoms. The Morgan fingerprint density at radius 3 is 2.04 bits per heavy atom. The van der Waals surface area contributed by atoms with E-state index in [9.17, 15) is 0 Å². The highest BCUT2D eigenvalue weighted by atomic mass is 16.5. The van der Waals surface area contributed by atoms with Crippen molar-refractivity contribution in [3.8, 4) is 16.9 Å². The largest absolute Gasteiger partial charge is 0.464 e. The molecule has 5 nitrogen and oxygen atoms in total. The quantitative estimate of drug-likeness (QED) is 0.159. The van der Waals surface area contributed by atoms with Crippen molar-refractivity contribution < 1.29 is 4.74 Å². The van der Waals surface area contributed by atoms with Crippen molar-refractivity contribution in [2.45, 2.75) is 25.2 Å². The van der Waals surface area contributed by atoms with Gasteiger partial charge in [0.1, 0.15) is 6.17 Å². The second kappa shape index (κ2) is 13.8. The molecule has 8 aromatic rings. The third kappa shape index (κ3) is 5.87. The van der Waals surface area contributed by atoms with E-state index in [2.05, 4.69) is 209 Å². The van der Waals surface area contributed by atoms with Gasteiger partial charge in [-0.05, 0) is 112 Å². The predicted octanol–water partition coefficient (Wildman–Crippen LogP) is 13.8. The van der Waals surface area contributed by atoms with Gasteiger partial charge in [0.2, 0.25) is 0 Å². The molecular formula is C52H40N4O. The van der Waals surface area contributed by atoms with Gasteiger partial charge in [-0.3, -0.25) is 0 Å². The second-order valence-electron chi connectivity index (χ2n) is 15.0. The number of nitrogens with one attached hydrogen (secondary N) is 2. The van der Waals surface area contributed by atoms with Gasteiger partial charge in [-0.2, -0.15) is 0 Å². The van der Waals surface area contributed by atoms with Crippen LogP contribution in [0.25, 0.3) is 32.7 Å². The van der Waals surface area contributed by atoms with Crippen molar-refractivity contribution >= 4 is 61.4 Å². The van der Waals surface area contributed by atoms with Crippen molar-refractivity contribution in [3.63, 3.8) is 0 Å². The number of para-hydroxylation sites is 2. The van der Waals surface area contributed by atoms with E-state index >= 15 is 0 Å². The van der Waals surface area contributed by atoms with E-state index in [0.29, 0.717) is 0 Å². The summed E-state index contributed by atoms with van der Waals surface area (Å²) in [6, 6.07) is 63.1. The molecule has 0 radical (unpaired) electrons. The number of benzene rings is 8. The summed E-state index contributed by atoms with van der Waals surface area (Å²) in [5.74, 6) is 0.893. The van der Waals surface area contributed by atoms with Gasteiger partial charge in [0.05, 0.1) is 17.1 Å². The van der Waals surface area contributed by atoms with Crippen LogP contribution < -0.4 is 25.2 Å². The summed E-state index contributed by atoms with van der Waals surface area (Å²) in [5.41, 5.74) is 12.6. The van der Waals surface area contributed by atoms with Crippen molar-refractivity contribution in [3.05, 3.63) is 205 Å². The molecule has 0 saturated heterocycles. The second-order valence-corrected chi connectivity index (χ2v) is 15.0. The third-order valence-corrected chi connectivity index (χ3v) is 11.6. The molecule has 5 heteroatoms. The maximum Gasteiger partial charge on any atom is 0.196 e. The van der Waals surface area contributed by atoms with Gasteiger partial charge in [0, 0.05) is 33.7 Å². The minimum Gasteiger partial charge on any atom is -0.464 e. The van der Waals surface area contributed by atoms with E-state index in [1.54, 1.807) is 0 Å². The van der Waals surface area contributed by atoms with E-state index < -0.39 is 0 Å². The van der Waals surface area contributed by atoms with Crippen LogP contribution >= 0.6 is 0 Å². The predicted molar refractivity (Wildman–Crippen MR) is 237 cm³/mol. The molecule has 1 aliphatic carbocycles. The highest BCUT2D eigenvalue weighted by Gasteiger charge is 2.32. The number of allylic oxidation sites excluding steroid dienone is 3. The molecule has 0 fully saturated rings. The molecule has 2 heterocycles. The van der Waals surface area contributed by atoms with Crippen molar-refractivity contribution in [1.82, 2.24) is 0 Å². The molecule has 57 heavy (non-hydrogen) atoms. The Hall–Kier alpha value is -7.24. The van der Waals surface area contributed by atoms with Crippen molar-refractivity contribution in [1.29, 1.82) is 0 Å². The Morgan fingerprint density at radius 1 is 0.579 bits per heavy atom. The first-order chi connectivity index (χ1) is 28.2. The van der Waals surface area contributed by atoms with E-state index in [0.717, 1.165) is 74.4 Å². The third-order valence-electron chi connectivity index (χ3n) is 11.6. The monoisotopic (exact) mass is 736 g/mol. The summed E-state index contributed by atoms with van der Waals surface area (Å²) in [6.45, 7) is 0. The molecule has 0 amide bonds. The highest BCUT2D eigenvalue weighted by molar-refractivity contribution is 6.14. The Labute approximate surface area is 332 Å². The zero-order chi connectivity index (χ0) is 37.7. The number of anilines is 7. The molecule has 8 aromatic carbocycles. The van der Waals surface area contributed by atoms with Gasteiger partial charge in [-0.1, -0.05) is 127 Å². The Morgan fingerprint density at radius 2 is 1.25 bits per heavy atom. The van der Waals surface area contributed by atoms with Gasteiger partial charge in [-0.15, -0.1) is 0 Å². The van der Waals surface area contributed by atoms with Crippen LogP contribution in [-0.2, 0) is 0 Å². The molecule has 0 saturated carbocycles. The average Bonchev–Trinajstić information content (AvgIpc) is 3.91. The normalized spacial score (nSPS) is 16.7. The summed E-state index contributed by atoms with van der Waals surface area (Å²) in [5, 5.41) is 12.0. The Balaban J connectivity index is 1.03. The minimum absolute atomic E-state index is 0.0635. The molecule has 3 aliphatic rings. The fourth-order valence-corrected chi connectivity index (χ4v) is 8.74. The van der Waals surface area contributed by atoms with E-state index in [1.807, 2.05) is 6.07 Å². The van der Waals surface area contributed by atoms with Crippen molar-refractivity contribution in [2.24, 2.45) is 0 Å². The lowest BCUT2D eigenvalue weighted by Gasteiger charge is -2.31. The van der Waals surface area contributed by atoms with Crippen LogP contribution in [0.2, 0.25) is 0 Å².